The summed E-state index contributed by atoms with van der Waals surface area (Å²) in [5, 5.41) is 17.9. The highest BCUT2D eigenvalue weighted by Crippen LogP contribution is 2.31. The molecule has 3 heterocycles. The Balaban J connectivity index is 1.42. The molecule has 1 amide bonds. The lowest BCUT2D eigenvalue weighted by atomic mass is 9.96. The molecule has 2 aromatic heterocycles. The Kier molecular flexibility index (Phi) is 6.03. The highest BCUT2D eigenvalue weighted by molar-refractivity contribution is 5.98. The minimum Gasteiger partial charge on any atom is -0.352 e. The maximum atomic E-state index is 13.1. The summed E-state index contributed by atoms with van der Waals surface area (Å²) in [6.45, 7) is 6.83. The molecule has 0 bridgehead atoms. The van der Waals surface area contributed by atoms with E-state index in [1.54, 1.807) is 24.3 Å². The maximum Gasteiger partial charge on any atom is 0.229 e. The van der Waals surface area contributed by atoms with Crippen LogP contribution in [-0.4, -0.2) is 44.8 Å². The number of carbonyl (C=O) groups is 2. The van der Waals surface area contributed by atoms with Crippen LogP contribution >= 0.6 is 0 Å². The van der Waals surface area contributed by atoms with Crippen molar-refractivity contribution >= 4 is 34.1 Å². The third kappa shape index (κ3) is 4.39. The number of rotatable bonds is 5. The third-order valence-corrected chi connectivity index (χ3v) is 6.61. The zero-order valence-corrected chi connectivity index (χ0v) is 20.2. The van der Waals surface area contributed by atoms with Crippen LogP contribution < -0.4 is 10.2 Å². The molecule has 1 N–H and O–H groups in total. The number of ketones is 1. The van der Waals surface area contributed by atoms with Gasteiger partial charge in [0.25, 0.3) is 0 Å². The lowest BCUT2D eigenvalue weighted by molar-refractivity contribution is -0.120. The number of hydrogen-bond donors (Lipinski definition) is 1. The van der Waals surface area contributed by atoms with Crippen LogP contribution in [0, 0.1) is 19.8 Å². The summed E-state index contributed by atoms with van der Waals surface area (Å²) in [5.41, 5.74) is 4.84. The van der Waals surface area contributed by atoms with Crippen molar-refractivity contribution in [2.75, 3.05) is 23.3 Å². The summed E-state index contributed by atoms with van der Waals surface area (Å²) in [6.07, 6.45) is 1.65. The first-order chi connectivity index (χ1) is 16.9. The summed E-state index contributed by atoms with van der Waals surface area (Å²) < 4.78 is 1.93. The first-order valence-electron chi connectivity index (χ1n) is 11.9. The second-order valence-electron chi connectivity index (χ2n) is 9.08. The lowest BCUT2D eigenvalue weighted by Gasteiger charge is -2.32. The SMILES string of the molecule is CC(=O)c1cccc(NC(=O)C2CCCN(c3nnc(C)c4c(C)n(-c5ccccc5)nc34)C2)c1. The van der Waals surface area contributed by atoms with Gasteiger partial charge in [0.05, 0.1) is 28.4 Å². The van der Waals surface area contributed by atoms with Gasteiger partial charge in [-0.25, -0.2) is 4.68 Å². The van der Waals surface area contributed by atoms with Crippen LogP contribution in [0.15, 0.2) is 54.6 Å². The number of hydrogen-bond acceptors (Lipinski definition) is 6. The molecule has 1 atom stereocenters. The molecular weight excluding hydrogens is 440 g/mol. The molecule has 4 aromatic rings. The van der Waals surface area contributed by atoms with Gasteiger partial charge in [-0.3, -0.25) is 9.59 Å². The summed E-state index contributed by atoms with van der Waals surface area (Å²) in [5.74, 6) is 0.412. The minimum atomic E-state index is -0.208. The van der Waals surface area contributed by atoms with Crippen molar-refractivity contribution in [3.8, 4) is 5.69 Å². The quantitative estimate of drug-likeness (QED) is 0.434. The molecule has 5 rings (SSSR count). The van der Waals surface area contributed by atoms with E-state index in [-0.39, 0.29) is 17.6 Å². The zero-order valence-electron chi connectivity index (χ0n) is 20.2. The molecule has 0 radical (unpaired) electrons. The van der Waals surface area contributed by atoms with Crippen molar-refractivity contribution in [2.45, 2.75) is 33.6 Å². The highest BCUT2D eigenvalue weighted by Gasteiger charge is 2.29. The normalized spacial score (nSPS) is 15.9. The van der Waals surface area contributed by atoms with E-state index in [1.165, 1.54) is 6.92 Å². The smallest absolute Gasteiger partial charge is 0.229 e. The van der Waals surface area contributed by atoms with Gasteiger partial charge in [-0.1, -0.05) is 30.3 Å². The fourth-order valence-electron chi connectivity index (χ4n) is 4.79. The standard InChI is InChI=1S/C27H28N6O2/c1-17-24-18(2)33(23-12-5-4-6-13-23)31-25(24)26(30-29-17)32-14-8-10-21(16-32)27(35)28-22-11-7-9-20(15-22)19(3)34/h4-7,9,11-13,15,21H,8,10,14,16H2,1-3H3,(H,28,35). The molecule has 35 heavy (non-hydrogen) atoms. The summed E-state index contributed by atoms with van der Waals surface area (Å²) in [4.78, 5) is 26.9. The number of piperidine rings is 1. The van der Waals surface area contributed by atoms with E-state index in [0.717, 1.165) is 47.4 Å². The monoisotopic (exact) mass is 468 g/mol. The van der Waals surface area contributed by atoms with E-state index < -0.39 is 0 Å². The second-order valence-corrected chi connectivity index (χ2v) is 9.08. The van der Waals surface area contributed by atoms with Crippen LogP contribution in [0.1, 0.15) is 41.5 Å². The van der Waals surface area contributed by atoms with Gasteiger partial charge in [0, 0.05) is 24.3 Å². The molecule has 0 saturated carbocycles. The molecule has 0 aliphatic carbocycles. The Morgan fingerprint density at radius 2 is 1.83 bits per heavy atom. The van der Waals surface area contributed by atoms with Crippen molar-refractivity contribution in [3.05, 3.63) is 71.5 Å². The van der Waals surface area contributed by atoms with Crippen molar-refractivity contribution in [1.82, 2.24) is 20.0 Å². The largest absolute Gasteiger partial charge is 0.352 e. The second kappa shape index (κ2) is 9.29. The maximum absolute atomic E-state index is 13.1. The molecule has 1 fully saturated rings. The van der Waals surface area contributed by atoms with Crippen molar-refractivity contribution in [1.29, 1.82) is 0 Å². The van der Waals surface area contributed by atoms with Crippen molar-refractivity contribution in [3.63, 3.8) is 0 Å². The molecule has 178 valence electrons. The number of fused-ring (bicyclic) bond motifs is 1. The Labute approximate surface area is 204 Å². The number of nitrogens with one attached hydrogen (secondary N) is 1. The summed E-state index contributed by atoms with van der Waals surface area (Å²) >= 11 is 0. The van der Waals surface area contributed by atoms with Crippen LogP contribution in [-0.2, 0) is 4.79 Å². The molecule has 1 unspecified atom stereocenters. The molecule has 1 aliphatic heterocycles. The minimum absolute atomic E-state index is 0.0304. The van der Waals surface area contributed by atoms with Crippen LogP contribution in [0.5, 0.6) is 0 Å². The Hall–Kier alpha value is -4.07. The van der Waals surface area contributed by atoms with Gasteiger partial charge in [0.15, 0.2) is 11.6 Å². The molecule has 1 saturated heterocycles. The van der Waals surface area contributed by atoms with E-state index in [1.807, 2.05) is 48.9 Å². The van der Waals surface area contributed by atoms with Gasteiger partial charge in [-0.15, -0.1) is 5.10 Å². The predicted molar refractivity (Wildman–Crippen MR) is 136 cm³/mol. The predicted octanol–water partition coefficient (Wildman–Crippen LogP) is 4.49. The third-order valence-electron chi connectivity index (χ3n) is 6.61. The summed E-state index contributed by atoms with van der Waals surface area (Å²) in [7, 11) is 0. The number of amides is 1. The highest BCUT2D eigenvalue weighted by atomic mass is 16.2. The first-order valence-corrected chi connectivity index (χ1v) is 11.9. The van der Waals surface area contributed by atoms with Gasteiger partial charge in [0.1, 0.15) is 5.52 Å². The lowest BCUT2D eigenvalue weighted by Crippen LogP contribution is -2.41. The van der Waals surface area contributed by atoms with E-state index in [2.05, 4.69) is 20.4 Å². The van der Waals surface area contributed by atoms with Crippen molar-refractivity contribution in [2.24, 2.45) is 5.92 Å². The molecular formula is C27H28N6O2. The molecule has 0 spiro atoms. The van der Waals surface area contributed by atoms with E-state index in [0.29, 0.717) is 23.6 Å². The van der Waals surface area contributed by atoms with Crippen LogP contribution in [0.25, 0.3) is 16.6 Å². The van der Waals surface area contributed by atoms with Crippen LogP contribution in [0.3, 0.4) is 0 Å². The van der Waals surface area contributed by atoms with Gasteiger partial charge in [0.2, 0.25) is 5.91 Å². The molecule has 8 heteroatoms. The Morgan fingerprint density at radius 1 is 1.03 bits per heavy atom. The number of nitrogens with zero attached hydrogens (tertiary/aromatic N) is 5. The van der Waals surface area contributed by atoms with E-state index in [4.69, 9.17) is 5.10 Å². The van der Waals surface area contributed by atoms with E-state index in [9.17, 15) is 9.59 Å². The number of anilines is 2. The van der Waals surface area contributed by atoms with Crippen LogP contribution in [0.2, 0.25) is 0 Å². The Morgan fingerprint density at radius 3 is 2.60 bits per heavy atom. The van der Waals surface area contributed by atoms with Gasteiger partial charge < -0.3 is 10.2 Å². The molecule has 8 nitrogen and oxygen atoms in total. The number of benzene rings is 2. The first kappa shape index (κ1) is 22.7. The number of aryl methyl sites for hydroxylation is 2. The van der Waals surface area contributed by atoms with Gasteiger partial charge in [-0.05, 0) is 57.9 Å². The number of carbonyl (C=O) groups excluding carboxylic acids is 2. The fraction of sp³-hybridized carbons (Fsp3) is 0.296. The van der Waals surface area contributed by atoms with Gasteiger partial charge >= 0.3 is 0 Å². The average Bonchev–Trinajstić information content (AvgIpc) is 3.23. The fourth-order valence-corrected chi connectivity index (χ4v) is 4.79. The van der Waals surface area contributed by atoms with Gasteiger partial charge in [-0.2, -0.15) is 10.2 Å². The number of para-hydroxylation sites is 1. The van der Waals surface area contributed by atoms with E-state index >= 15 is 0 Å². The van der Waals surface area contributed by atoms with Crippen LogP contribution in [0.4, 0.5) is 11.5 Å². The number of aromatic nitrogens is 4. The zero-order chi connectivity index (χ0) is 24.5. The average molecular weight is 469 g/mol. The summed E-state index contributed by atoms with van der Waals surface area (Å²) in [6, 6.07) is 17.1. The Bertz CT molecular complexity index is 1410. The topological polar surface area (TPSA) is 93.0 Å². The number of Topliss-reactive ketones (excluding diaryl/α,β-unsaturated/α-hetero) is 1. The van der Waals surface area contributed by atoms with Crippen molar-refractivity contribution < 1.29 is 9.59 Å². The molecule has 2 aromatic carbocycles. The molecule has 1 aliphatic rings.